The first-order valence-corrected chi connectivity index (χ1v) is 7.74. The molecule has 1 rings (SSSR count). The SMILES string of the molecule is C/C(=C\COC(=O)c1ccc(N(C)C)cc1)CCCCCl. The molecule has 116 valence electrons. The van der Waals surface area contributed by atoms with E-state index in [0.717, 1.165) is 24.9 Å². The minimum atomic E-state index is -0.287. The summed E-state index contributed by atoms with van der Waals surface area (Å²) in [5.74, 6) is 0.413. The van der Waals surface area contributed by atoms with E-state index in [0.29, 0.717) is 18.1 Å². The number of hydrogen-bond acceptors (Lipinski definition) is 3. The van der Waals surface area contributed by atoms with E-state index in [1.165, 1.54) is 5.57 Å². The maximum atomic E-state index is 11.9. The van der Waals surface area contributed by atoms with Crippen LogP contribution in [0.4, 0.5) is 5.69 Å². The van der Waals surface area contributed by atoms with Crippen LogP contribution in [0.5, 0.6) is 0 Å². The van der Waals surface area contributed by atoms with E-state index < -0.39 is 0 Å². The molecule has 4 heteroatoms. The van der Waals surface area contributed by atoms with Crippen LogP contribution >= 0.6 is 11.6 Å². The van der Waals surface area contributed by atoms with Crippen LogP contribution in [0.15, 0.2) is 35.9 Å². The molecule has 0 fully saturated rings. The van der Waals surface area contributed by atoms with Gasteiger partial charge in [-0.3, -0.25) is 0 Å². The number of hydrogen-bond donors (Lipinski definition) is 0. The van der Waals surface area contributed by atoms with Crippen molar-refractivity contribution in [2.45, 2.75) is 26.2 Å². The van der Waals surface area contributed by atoms with Gasteiger partial charge in [-0.15, -0.1) is 11.6 Å². The topological polar surface area (TPSA) is 29.5 Å². The van der Waals surface area contributed by atoms with Crippen LogP contribution in [0.1, 0.15) is 36.5 Å². The molecule has 3 nitrogen and oxygen atoms in total. The van der Waals surface area contributed by atoms with Gasteiger partial charge in [0, 0.05) is 25.7 Å². The number of unbranched alkanes of at least 4 members (excludes halogenated alkanes) is 1. The van der Waals surface area contributed by atoms with E-state index in [1.54, 1.807) is 12.1 Å². The third-order valence-corrected chi connectivity index (χ3v) is 3.49. The molecular weight excluding hydrogens is 286 g/mol. The molecule has 0 unspecified atom stereocenters. The Kier molecular flexibility index (Phi) is 7.91. The second-order valence-corrected chi connectivity index (χ2v) is 5.61. The second-order valence-electron chi connectivity index (χ2n) is 5.24. The van der Waals surface area contributed by atoms with Crippen molar-refractivity contribution in [3.05, 3.63) is 41.5 Å². The molecule has 0 N–H and O–H groups in total. The number of rotatable bonds is 8. The van der Waals surface area contributed by atoms with Crippen molar-refractivity contribution in [1.82, 2.24) is 0 Å². The number of anilines is 1. The number of alkyl halides is 1. The lowest BCUT2D eigenvalue weighted by Crippen LogP contribution is -2.09. The molecule has 0 atom stereocenters. The van der Waals surface area contributed by atoms with E-state index >= 15 is 0 Å². The van der Waals surface area contributed by atoms with Crippen molar-refractivity contribution in [1.29, 1.82) is 0 Å². The summed E-state index contributed by atoms with van der Waals surface area (Å²) in [6.45, 7) is 2.37. The third-order valence-electron chi connectivity index (χ3n) is 3.22. The summed E-state index contributed by atoms with van der Waals surface area (Å²) in [4.78, 5) is 13.9. The Morgan fingerprint density at radius 2 is 1.90 bits per heavy atom. The zero-order valence-corrected chi connectivity index (χ0v) is 13.8. The fourth-order valence-corrected chi connectivity index (χ4v) is 2.03. The van der Waals surface area contributed by atoms with Crippen LogP contribution in [0.25, 0.3) is 0 Å². The smallest absolute Gasteiger partial charge is 0.338 e. The van der Waals surface area contributed by atoms with Gasteiger partial charge >= 0.3 is 5.97 Å². The first kappa shape index (κ1) is 17.6. The number of allylic oxidation sites excluding steroid dienone is 1. The van der Waals surface area contributed by atoms with Gasteiger partial charge in [-0.25, -0.2) is 4.79 Å². The first-order chi connectivity index (χ1) is 10.0. The predicted molar refractivity (Wildman–Crippen MR) is 89.4 cm³/mol. The van der Waals surface area contributed by atoms with Crippen LogP contribution in [0.3, 0.4) is 0 Å². The molecule has 0 saturated heterocycles. The summed E-state index contributed by atoms with van der Waals surface area (Å²) in [5.41, 5.74) is 2.87. The molecule has 0 aliphatic heterocycles. The molecule has 0 bridgehead atoms. The highest BCUT2D eigenvalue weighted by atomic mass is 35.5. The third kappa shape index (κ3) is 6.67. The van der Waals surface area contributed by atoms with Crippen molar-refractivity contribution >= 4 is 23.3 Å². The molecular formula is C17H24ClNO2. The summed E-state index contributed by atoms with van der Waals surface area (Å²) in [5, 5.41) is 0. The van der Waals surface area contributed by atoms with Crippen molar-refractivity contribution in [3.63, 3.8) is 0 Å². The number of halogens is 1. The van der Waals surface area contributed by atoms with Crippen molar-refractivity contribution < 1.29 is 9.53 Å². The number of carbonyl (C=O) groups is 1. The van der Waals surface area contributed by atoms with Crippen molar-refractivity contribution in [2.24, 2.45) is 0 Å². The van der Waals surface area contributed by atoms with Gasteiger partial charge < -0.3 is 9.64 Å². The number of nitrogens with zero attached hydrogens (tertiary/aromatic N) is 1. The Labute approximate surface area is 132 Å². The van der Waals surface area contributed by atoms with Crippen molar-refractivity contribution in [2.75, 3.05) is 31.5 Å². The van der Waals surface area contributed by atoms with E-state index in [2.05, 4.69) is 0 Å². The standard InChI is InChI=1S/C17H24ClNO2/c1-14(6-4-5-12-18)11-13-21-17(20)15-7-9-16(10-8-15)19(2)3/h7-11H,4-6,12-13H2,1-3H3/b14-11+. The Morgan fingerprint density at radius 1 is 1.24 bits per heavy atom. The van der Waals surface area contributed by atoms with E-state index in [4.69, 9.17) is 16.3 Å². The minimum absolute atomic E-state index is 0.287. The van der Waals surface area contributed by atoms with Gasteiger partial charge in [-0.05, 0) is 56.5 Å². The highest BCUT2D eigenvalue weighted by Gasteiger charge is 2.06. The monoisotopic (exact) mass is 309 g/mol. The van der Waals surface area contributed by atoms with Crippen molar-refractivity contribution in [3.8, 4) is 0 Å². The predicted octanol–water partition coefficient (Wildman–Crippen LogP) is 4.26. The zero-order chi connectivity index (χ0) is 15.7. The summed E-state index contributed by atoms with van der Waals surface area (Å²) >= 11 is 5.64. The molecule has 1 aromatic carbocycles. The van der Waals surface area contributed by atoms with Crippen LogP contribution in [-0.2, 0) is 4.74 Å². The summed E-state index contributed by atoms with van der Waals surface area (Å²) in [6, 6.07) is 7.39. The Bertz CT molecular complexity index is 466. The van der Waals surface area contributed by atoms with Gasteiger partial charge in [-0.1, -0.05) is 5.57 Å². The molecule has 0 aliphatic rings. The molecule has 0 saturated carbocycles. The van der Waals surface area contributed by atoms with Crippen LogP contribution in [-0.4, -0.2) is 32.6 Å². The fraction of sp³-hybridized carbons (Fsp3) is 0.471. The number of ether oxygens (including phenoxy) is 1. The fourth-order valence-electron chi connectivity index (χ4n) is 1.84. The molecule has 0 spiro atoms. The lowest BCUT2D eigenvalue weighted by molar-refractivity contribution is 0.0549. The summed E-state index contributed by atoms with van der Waals surface area (Å²) in [6.07, 6.45) is 5.05. The average Bonchev–Trinajstić information content (AvgIpc) is 2.47. The van der Waals surface area contributed by atoms with E-state index in [9.17, 15) is 4.79 Å². The number of esters is 1. The Hall–Kier alpha value is -1.48. The molecule has 0 aliphatic carbocycles. The lowest BCUT2D eigenvalue weighted by atomic mass is 10.1. The second kappa shape index (κ2) is 9.46. The largest absolute Gasteiger partial charge is 0.458 e. The van der Waals surface area contributed by atoms with E-state index in [1.807, 2.05) is 44.1 Å². The number of carbonyl (C=O) groups excluding carboxylic acids is 1. The normalized spacial score (nSPS) is 11.3. The Morgan fingerprint density at radius 3 is 2.48 bits per heavy atom. The first-order valence-electron chi connectivity index (χ1n) is 7.20. The van der Waals surface area contributed by atoms with Gasteiger partial charge in [0.05, 0.1) is 5.56 Å². The molecule has 0 aromatic heterocycles. The molecule has 21 heavy (non-hydrogen) atoms. The van der Waals surface area contributed by atoms with Gasteiger partial charge in [0.25, 0.3) is 0 Å². The summed E-state index contributed by atoms with van der Waals surface area (Å²) < 4.78 is 5.25. The number of benzene rings is 1. The van der Waals surface area contributed by atoms with Crippen LogP contribution < -0.4 is 4.90 Å². The molecule has 0 amide bonds. The van der Waals surface area contributed by atoms with Gasteiger partial charge in [0.15, 0.2) is 0 Å². The van der Waals surface area contributed by atoms with Crippen LogP contribution in [0, 0.1) is 0 Å². The van der Waals surface area contributed by atoms with E-state index in [-0.39, 0.29) is 5.97 Å². The minimum Gasteiger partial charge on any atom is -0.458 e. The lowest BCUT2D eigenvalue weighted by Gasteiger charge is -2.12. The van der Waals surface area contributed by atoms with Gasteiger partial charge in [0.2, 0.25) is 0 Å². The highest BCUT2D eigenvalue weighted by molar-refractivity contribution is 6.17. The maximum absolute atomic E-state index is 11.9. The quantitative estimate of drug-likeness (QED) is 0.311. The molecule has 0 radical (unpaired) electrons. The van der Waals surface area contributed by atoms with Crippen LogP contribution in [0.2, 0.25) is 0 Å². The van der Waals surface area contributed by atoms with Gasteiger partial charge in [-0.2, -0.15) is 0 Å². The highest BCUT2D eigenvalue weighted by Crippen LogP contribution is 2.13. The molecule has 0 heterocycles. The maximum Gasteiger partial charge on any atom is 0.338 e. The Balaban J connectivity index is 2.41. The van der Waals surface area contributed by atoms with Gasteiger partial charge in [0.1, 0.15) is 6.61 Å². The zero-order valence-electron chi connectivity index (χ0n) is 13.1. The average molecular weight is 310 g/mol. The summed E-state index contributed by atoms with van der Waals surface area (Å²) in [7, 11) is 3.93. The molecule has 1 aromatic rings.